The van der Waals surface area contributed by atoms with Crippen molar-refractivity contribution in [2.45, 2.75) is 39.7 Å². The van der Waals surface area contributed by atoms with Gasteiger partial charge in [0.15, 0.2) is 5.78 Å². The number of carbonyl (C=O) groups excluding carboxylic acids is 2. The highest BCUT2D eigenvalue weighted by Crippen LogP contribution is 2.12. The molecule has 0 aromatic heterocycles. The topological polar surface area (TPSA) is 55.4 Å². The first kappa shape index (κ1) is 14.1. The Hall–Kier alpha value is -0.900. The SMILES string of the molecule is COC(C)(C)CC(=O)NCC(=O)C(C)C. The lowest BCUT2D eigenvalue weighted by Crippen LogP contribution is -2.37. The molecule has 0 aliphatic carbocycles. The third-order valence-electron chi connectivity index (χ3n) is 2.24. The molecule has 0 saturated heterocycles. The van der Waals surface area contributed by atoms with Crippen LogP contribution in [-0.4, -0.2) is 30.9 Å². The van der Waals surface area contributed by atoms with Crippen molar-refractivity contribution >= 4 is 11.7 Å². The van der Waals surface area contributed by atoms with Gasteiger partial charge in [-0.05, 0) is 13.8 Å². The van der Waals surface area contributed by atoms with Crippen molar-refractivity contribution in [3.05, 3.63) is 0 Å². The summed E-state index contributed by atoms with van der Waals surface area (Å²) in [5.74, 6) is -0.157. The molecule has 88 valence electrons. The van der Waals surface area contributed by atoms with Crippen molar-refractivity contribution in [3.8, 4) is 0 Å². The standard InChI is InChI=1S/C11H21NO3/c1-8(2)9(13)7-12-10(14)6-11(3,4)15-5/h8H,6-7H2,1-5H3,(H,12,14). The van der Waals surface area contributed by atoms with Crippen LogP contribution in [0.3, 0.4) is 0 Å². The molecule has 0 aromatic carbocycles. The number of hydrogen-bond acceptors (Lipinski definition) is 3. The maximum atomic E-state index is 11.4. The van der Waals surface area contributed by atoms with Crippen LogP contribution in [0.5, 0.6) is 0 Å². The van der Waals surface area contributed by atoms with E-state index in [0.29, 0.717) is 0 Å². The highest BCUT2D eigenvalue weighted by molar-refractivity contribution is 5.87. The van der Waals surface area contributed by atoms with E-state index in [0.717, 1.165) is 0 Å². The van der Waals surface area contributed by atoms with Crippen molar-refractivity contribution < 1.29 is 14.3 Å². The molecule has 1 amide bonds. The number of carbonyl (C=O) groups is 2. The molecule has 0 aliphatic heterocycles. The van der Waals surface area contributed by atoms with Gasteiger partial charge in [0.05, 0.1) is 18.6 Å². The largest absolute Gasteiger partial charge is 0.378 e. The number of ether oxygens (including phenoxy) is 1. The van der Waals surface area contributed by atoms with Gasteiger partial charge in [-0.25, -0.2) is 0 Å². The molecule has 0 saturated carbocycles. The third-order valence-corrected chi connectivity index (χ3v) is 2.24. The van der Waals surface area contributed by atoms with Gasteiger partial charge in [-0.2, -0.15) is 0 Å². The van der Waals surface area contributed by atoms with Crippen molar-refractivity contribution in [1.82, 2.24) is 5.32 Å². The van der Waals surface area contributed by atoms with Crippen molar-refractivity contribution in [2.75, 3.05) is 13.7 Å². The zero-order valence-electron chi connectivity index (χ0n) is 10.2. The van der Waals surface area contributed by atoms with Crippen LogP contribution in [0.1, 0.15) is 34.1 Å². The van der Waals surface area contributed by atoms with E-state index in [1.807, 2.05) is 27.7 Å². The Morgan fingerprint density at radius 1 is 1.33 bits per heavy atom. The van der Waals surface area contributed by atoms with Crippen molar-refractivity contribution in [2.24, 2.45) is 5.92 Å². The van der Waals surface area contributed by atoms with Gasteiger partial charge < -0.3 is 10.1 Å². The molecular weight excluding hydrogens is 194 g/mol. The van der Waals surface area contributed by atoms with E-state index in [4.69, 9.17) is 4.74 Å². The molecule has 15 heavy (non-hydrogen) atoms. The number of nitrogens with one attached hydrogen (secondary N) is 1. The van der Waals surface area contributed by atoms with Crippen LogP contribution in [0.25, 0.3) is 0 Å². The zero-order valence-corrected chi connectivity index (χ0v) is 10.2. The molecule has 0 heterocycles. The number of hydrogen-bond donors (Lipinski definition) is 1. The Morgan fingerprint density at radius 2 is 1.87 bits per heavy atom. The molecule has 0 atom stereocenters. The molecule has 1 N–H and O–H groups in total. The van der Waals surface area contributed by atoms with Crippen LogP contribution >= 0.6 is 0 Å². The predicted octanol–water partition coefficient (Wildman–Crippen LogP) is 1.14. The van der Waals surface area contributed by atoms with Gasteiger partial charge in [-0.1, -0.05) is 13.8 Å². The van der Waals surface area contributed by atoms with Gasteiger partial charge in [0.25, 0.3) is 0 Å². The Balaban J connectivity index is 3.91. The van der Waals surface area contributed by atoms with Gasteiger partial charge in [-0.3, -0.25) is 9.59 Å². The minimum atomic E-state index is -0.481. The summed E-state index contributed by atoms with van der Waals surface area (Å²) in [6.45, 7) is 7.39. The molecular formula is C11H21NO3. The maximum absolute atomic E-state index is 11.4. The fourth-order valence-electron chi connectivity index (χ4n) is 0.911. The van der Waals surface area contributed by atoms with Crippen LogP contribution in [0.2, 0.25) is 0 Å². The van der Waals surface area contributed by atoms with Crippen molar-refractivity contribution in [3.63, 3.8) is 0 Å². The van der Waals surface area contributed by atoms with Gasteiger partial charge in [0.2, 0.25) is 5.91 Å². The summed E-state index contributed by atoms with van der Waals surface area (Å²) in [7, 11) is 1.56. The molecule has 0 unspecified atom stereocenters. The van der Waals surface area contributed by atoms with E-state index in [2.05, 4.69) is 5.32 Å². The van der Waals surface area contributed by atoms with Crippen molar-refractivity contribution in [1.29, 1.82) is 0 Å². The first-order valence-electron chi connectivity index (χ1n) is 5.13. The fraction of sp³-hybridized carbons (Fsp3) is 0.818. The van der Waals surface area contributed by atoms with Crippen LogP contribution in [0.15, 0.2) is 0 Å². The lowest BCUT2D eigenvalue weighted by Gasteiger charge is -2.21. The highest BCUT2D eigenvalue weighted by atomic mass is 16.5. The average molecular weight is 215 g/mol. The van der Waals surface area contributed by atoms with Crippen LogP contribution in [0.4, 0.5) is 0 Å². The van der Waals surface area contributed by atoms with E-state index < -0.39 is 5.60 Å². The van der Waals surface area contributed by atoms with Crippen LogP contribution in [-0.2, 0) is 14.3 Å². The Labute approximate surface area is 91.4 Å². The second-order valence-corrected chi connectivity index (χ2v) is 4.54. The first-order chi connectivity index (χ1) is 6.78. The average Bonchev–Trinajstić information content (AvgIpc) is 2.13. The lowest BCUT2D eigenvalue weighted by atomic mass is 10.0. The second kappa shape index (κ2) is 5.85. The van der Waals surface area contributed by atoms with E-state index in [1.54, 1.807) is 7.11 Å². The summed E-state index contributed by atoms with van der Waals surface area (Å²) < 4.78 is 5.12. The smallest absolute Gasteiger partial charge is 0.223 e. The molecule has 0 radical (unpaired) electrons. The normalized spacial score (nSPS) is 11.6. The maximum Gasteiger partial charge on any atom is 0.223 e. The summed E-state index contributed by atoms with van der Waals surface area (Å²) >= 11 is 0. The van der Waals surface area contributed by atoms with Gasteiger partial charge >= 0.3 is 0 Å². The number of rotatable bonds is 6. The van der Waals surface area contributed by atoms with E-state index in [1.165, 1.54) is 0 Å². The molecule has 0 bridgehead atoms. The summed E-state index contributed by atoms with van der Waals surface area (Å²) in [6.07, 6.45) is 0.259. The van der Waals surface area contributed by atoms with Crippen LogP contribution in [0, 0.1) is 5.92 Å². The Bertz CT molecular complexity index is 234. The quantitative estimate of drug-likeness (QED) is 0.723. The van der Waals surface area contributed by atoms with Gasteiger partial charge in [-0.15, -0.1) is 0 Å². The summed E-state index contributed by atoms with van der Waals surface area (Å²) in [5, 5.41) is 2.59. The molecule has 4 heteroatoms. The predicted molar refractivity (Wildman–Crippen MR) is 58.6 cm³/mol. The third kappa shape index (κ3) is 6.23. The lowest BCUT2D eigenvalue weighted by molar-refractivity contribution is -0.129. The summed E-state index contributed by atoms with van der Waals surface area (Å²) in [4.78, 5) is 22.6. The minimum Gasteiger partial charge on any atom is -0.378 e. The Morgan fingerprint density at radius 3 is 2.27 bits per heavy atom. The molecule has 0 aromatic rings. The highest BCUT2D eigenvalue weighted by Gasteiger charge is 2.21. The molecule has 0 spiro atoms. The summed E-state index contributed by atoms with van der Waals surface area (Å²) in [6, 6.07) is 0. The monoisotopic (exact) mass is 215 g/mol. The van der Waals surface area contributed by atoms with E-state index in [9.17, 15) is 9.59 Å². The van der Waals surface area contributed by atoms with Crippen LogP contribution < -0.4 is 5.32 Å². The van der Waals surface area contributed by atoms with E-state index >= 15 is 0 Å². The first-order valence-corrected chi connectivity index (χ1v) is 5.13. The molecule has 0 fully saturated rings. The van der Waals surface area contributed by atoms with E-state index in [-0.39, 0.29) is 30.6 Å². The number of ketones is 1. The van der Waals surface area contributed by atoms with Gasteiger partial charge in [0.1, 0.15) is 0 Å². The second-order valence-electron chi connectivity index (χ2n) is 4.54. The molecule has 4 nitrogen and oxygen atoms in total. The molecule has 0 rings (SSSR count). The number of methoxy groups -OCH3 is 1. The zero-order chi connectivity index (χ0) is 12.1. The van der Waals surface area contributed by atoms with Gasteiger partial charge in [0, 0.05) is 13.0 Å². The summed E-state index contributed by atoms with van der Waals surface area (Å²) in [5.41, 5.74) is -0.481. The molecule has 0 aliphatic rings. The number of amides is 1. The number of Topliss-reactive ketones (excluding diaryl/α,β-unsaturated/α-hetero) is 1. The fourth-order valence-corrected chi connectivity index (χ4v) is 0.911. The Kier molecular flexibility index (Phi) is 5.50. The minimum absolute atomic E-state index is 0.0403.